The van der Waals surface area contributed by atoms with Gasteiger partial charge in [0.2, 0.25) is 0 Å². The van der Waals surface area contributed by atoms with E-state index >= 15 is 0 Å². The predicted molar refractivity (Wildman–Crippen MR) is 76.0 cm³/mol. The van der Waals surface area contributed by atoms with Crippen LogP contribution in [-0.2, 0) is 6.54 Å². The molecule has 0 atom stereocenters. The molecule has 1 N–H and O–H groups in total. The molecule has 0 amide bonds. The highest BCUT2D eigenvalue weighted by Gasteiger charge is 2.16. The maximum Gasteiger partial charge on any atom is 0.129 e. The summed E-state index contributed by atoms with van der Waals surface area (Å²) in [6, 6.07) is 6.57. The first kappa shape index (κ1) is 15.7. The maximum absolute atomic E-state index is 13.7. The highest BCUT2D eigenvalue weighted by molar-refractivity contribution is 5.32. The van der Waals surface area contributed by atoms with Gasteiger partial charge in [0.15, 0.2) is 0 Å². The summed E-state index contributed by atoms with van der Waals surface area (Å²) in [6.45, 7) is 10.3. The van der Waals surface area contributed by atoms with Crippen LogP contribution in [0.3, 0.4) is 0 Å². The van der Waals surface area contributed by atoms with Crippen molar-refractivity contribution < 1.29 is 4.39 Å². The smallest absolute Gasteiger partial charge is 0.129 e. The molecule has 3 heteroatoms. The zero-order valence-electron chi connectivity index (χ0n) is 12.2. The van der Waals surface area contributed by atoms with Crippen molar-refractivity contribution in [3.8, 4) is 6.07 Å². The summed E-state index contributed by atoms with van der Waals surface area (Å²) in [5, 5.41) is 12.0. The van der Waals surface area contributed by atoms with Crippen molar-refractivity contribution in [2.75, 3.05) is 6.54 Å². The fourth-order valence-electron chi connectivity index (χ4n) is 2.37. The van der Waals surface area contributed by atoms with Crippen molar-refractivity contribution in [2.45, 2.75) is 34.2 Å². The molecule has 0 aromatic heterocycles. The van der Waals surface area contributed by atoms with E-state index in [1.807, 2.05) is 6.07 Å². The molecule has 2 nitrogen and oxygen atoms in total. The van der Waals surface area contributed by atoms with Crippen molar-refractivity contribution in [1.82, 2.24) is 5.32 Å². The third-order valence-electron chi connectivity index (χ3n) is 3.59. The van der Waals surface area contributed by atoms with Crippen LogP contribution in [0.5, 0.6) is 0 Å². The number of hydrogen-bond donors (Lipinski definition) is 1. The highest BCUT2D eigenvalue weighted by Crippen LogP contribution is 2.19. The van der Waals surface area contributed by atoms with E-state index in [2.05, 4.69) is 33.0 Å². The second kappa shape index (κ2) is 7.25. The molecule has 0 aliphatic rings. The quantitative estimate of drug-likeness (QED) is 0.848. The van der Waals surface area contributed by atoms with E-state index < -0.39 is 0 Å². The number of nitriles is 1. The zero-order chi connectivity index (χ0) is 14.4. The SMILES string of the molecule is CC(C)C(CNCc1ccc(C#N)cc1F)C(C)C. The Bertz CT molecular complexity index is 439. The molecule has 0 bridgehead atoms. The summed E-state index contributed by atoms with van der Waals surface area (Å²) in [7, 11) is 0. The lowest BCUT2D eigenvalue weighted by molar-refractivity contribution is 0.275. The summed E-state index contributed by atoms with van der Waals surface area (Å²) in [6.07, 6.45) is 0. The Labute approximate surface area is 115 Å². The number of nitrogens with one attached hydrogen (secondary N) is 1. The Hall–Kier alpha value is -1.40. The van der Waals surface area contributed by atoms with Crippen LogP contribution in [0, 0.1) is 34.9 Å². The van der Waals surface area contributed by atoms with Gasteiger partial charge in [0.05, 0.1) is 11.6 Å². The lowest BCUT2D eigenvalue weighted by Gasteiger charge is -2.25. The van der Waals surface area contributed by atoms with Crippen LogP contribution in [0.4, 0.5) is 4.39 Å². The monoisotopic (exact) mass is 262 g/mol. The zero-order valence-corrected chi connectivity index (χ0v) is 12.2. The molecule has 0 fully saturated rings. The first-order chi connectivity index (χ1) is 8.95. The minimum absolute atomic E-state index is 0.308. The predicted octanol–water partition coefficient (Wildman–Crippen LogP) is 3.72. The van der Waals surface area contributed by atoms with Crippen LogP contribution in [0.25, 0.3) is 0 Å². The second-order valence-corrected chi connectivity index (χ2v) is 5.70. The fourth-order valence-corrected chi connectivity index (χ4v) is 2.37. The van der Waals surface area contributed by atoms with Crippen molar-refractivity contribution in [3.63, 3.8) is 0 Å². The van der Waals surface area contributed by atoms with Crippen molar-refractivity contribution in [2.24, 2.45) is 17.8 Å². The van der Waals surface area contributed by atoms with Gasteiger partial charge in [-0.25, -0.2) is 4.39 Å². The summed E-state index contributed by atoms with van der Waals surface area (Å²) >= 11 is 0. The minimum Gasteiger partial charge on any atom is -0.312 e. The van der Waals surface area contributed by atoms with E-state index in [4.69, 9.17) is 5.26 Å². The number of hydrogen-bond acceptors (Lipinski definition) is 2. The van der Waals surface area contributed by atoms with Gasteiger partial charge in [-0.3, -0.25) is 0 Å². The van der Waals surface area contributed by atoms with Gasteiger partial charge >= 0.3 is 0 Å². The molecule has 1 rings (SSSR count). The van der Waals surface area contributed by atoms with E-state index in [0.29, 0.717) is 35.4 Å². The molecular formula is C16H23FN2. The molecule has 0 radical (unpaired) electrons. The Morgan fingerprint density at radius 2 is 1.84 bits per heavy atom. The number of halogens is 1. The van der Waals surface area contributed by atoms with Gasteiger partial charge in [0.1, 0.15) is 5.82 Å². The van der Waals surface area contributed by atoms with Gasteiger partial charge in [-0.15, -0.1) is 0 Å². The normalized spacial score (nSPS) is 11.3. The average Bonchev–Trinajstić information content (AvgIpc) is 2.35. The lowest BCUT2D eigenvalue weighted by atomic mass is 9.85. The molecule has 0 saturated carbocycles. The lowest BCUT2D eigenvalue weighted by Crippen LogP contribution is -2.29. The molecule has 0 aliphatic heterocycles. The third kappa shape index (κ3) is 4.65. The van der Waals surface area contributed by atoms with E-state index in [0.717, 1.165) is 6.54 Å². The minimum atomic E-state index is -0.308. The molecule has 1 aromatic rings. The first-order valence-corrected chi connectivity index (χ1v) is 6.85. The van der Waals surface area contributed by atoms with Crippen LogP contribution in [0.2, 0.25) is 0 Å². The standard InChI is InChI=1S/C16H23FN2/c1-11(2)15(12(3)4)10-19-9-14-6-5-13(8-18)7-16(14)17/h5-7,11-12,15,19H,9-10H2,1-4H3. The van der Waals surface area contributed by atoms with Crippen molar-refractivity contribution >= 4 is 0 Å². The average molecular weight is 262 g/mol. The molecule has 0 spiro atoms. The molecule has 0 saturated heterocycles. The summed E-state index contributed by atoms with van der Waals surface area (Å²) < 4.78 is 13.7. The number of benzene rings is 1. The van der Waals surface area contributed by atoms with Gasteiger partial charge in [-0.2, -0.15) is 5.26 Å². The van der Waals surface area contributed by atoms with E-state index in [-0.39, 0.29) is 5.82 Å². The third-order valence-corrected chi connectivity index (χ3v) is 3.59. The highest BCUT2D eigenvalue weighted by atomic mass is 19.1. The molecule has 0 heterocycles. The molecule has 0 unspecified atom stereocenters. The van der Waals surface area contributed by atoms with Gasteiger partial charge in [0, 0.05) is 12.1 Å². The number of rotatable bonds is 6. The van der Waals surface area contributed by atoms with Gasteiger partial charge in [0.25, 0.3) is 0 Å². The van der Waals surface area contributed by atoms with Crippen LogP contribution in [0.1, 0.15) is 38.8 Å². The van der Waals surface area contributed by atoms with E-state index in [1.165, 1.54) is 6.07 Å². The van der Waals surface area contributed by atoms with Crippen molar-refractivity contribution in [3.05, 3.63) is 35.1 Å². The summed E-state index contributed by atoms with van der Waals surface area (Å²) in [5.41, 5.74) is 0.980. The number of nitrogens with zero attached hydrogens (tertiary/aromatic N) is 1. The fraction of sp³-hybridized carbons (Fsp3) is 0.562. The van der Waals surface area contributed by atoms with Crippen LogP contribution in [0.15, 0.2) is 18.2 Å². The topological polar surface area (TPSA) is 35.8 Å². The molecular weight excluding hydrogens is 239 g/mol. The molecule has 104 valence electrons. The Kier molecular flexibility index (Phi) is 5.98. The van der Waals surface area contributed by atoms with E-state index in [1.54, 1.807) is 12.1 Å². The Balaban J connectivity index is 2.56. The van der Waals surface area contributed by atoms with E-state index in [9.17, 15) is 4.39 Å². The Morgan fingerprint density at radius 1 is 1.21 bits per heavy atom. The van der Waals surface area contributed by atoms with Crippen LogP contribution >= 0.6 is 0 Å². The van der Waals surface area contributed by atoms with Crippen molar-refractivity contribution in [1.29, 1.82) is 5.26 Å². The van der Waals surface area contributed by atoms with Crippen LogP contribution < -0.4 is 5.32 Å². The van der Waals surface area contributed by atoms with Gasteiger partial charge < -0.3 is 5.32 Å². The second-order valence-electron chi connectivity index (χ2n) is 5.70. The first-order valence-electron chi connectivity index (χ1n) is 6.85. The maximum atomic E-state index is 13.7. The summed E-state index contributed by atoms with van der Waals surface area (Å²) in [4.78, 5) is 0. The van der Waals surface area contributed by atoms with Crippen LogP contribution in [-0.4, -0.2) is 6.54 Å². The Morgan fingerprint density at radius 3 is 2.32 bits per heavy atom. The summed E-state index contributed by atoms with van der Waals surface area (Å²) in [5.74, 6) is 1.50. The molecule has 19 heavy (non-hydrogen) atoms. The largest absolute Gasteiger partial charge is 0.312 e. The van der Waals surface area contributed by atoms with Gasteiger partial charge in [-0.1, -0.05) is 33.8 Å². The van der Waals surface area contributed by atoms with Gasteiger partial charge in [-0.05, 0) is 36.4 Å². The molecule has 0 aliphatic carbocycles. The molecule has 1 aromatic carbocycles.